The van der Waals surface area contributed by atoms with Gasteiger partial charge in [0.1, 0.15) is 0 Å². The molecule has 0 fully saturated rings. The van der Waals surface area contributed by atoms with Crippen LogP contribution < -0.4 is 10.6 Å². The molecule has 2 rings (SSSR count). The second-order valence-corrected chi connectivity index (χ2v) is 5.75. The van der Waals surface area contributed by atoms with Gasteiger partial charge in [-0.15, -0.1) is 0 Å². The highest BCUT2D eigenvalue weighted by atomic mass is 32.1. The Hall–Kier alpha value is -1.65. The zero-order valence-electron chi connectivity index (χ0n) is 12.0. The first-order chi connectivity index (χ1) is 9.56. The number of nitrogens with one attached hydrogen (secondary N) is 2. The molecule has 4 heteroatoms. The van der Waals surface area contributed by atoms with Crippen molar-refractivity contribution >= 4 is 22.9 Å². The topological polar surface area (TPSA) is 41.1 Å². The molecule has 106 valence electrons. The van der Waals surface area contributed by atoms with Crippen LogP contribution in [0.2, 0.25) is 0 Å². The lowest BCUT2D eigenvalue weighted by Gasteiger charge is -2.20. The van der Waals surface area contributed by atoms with Crippen LogP contribution in [0.15, 0.2) is 41.1 Å². The molecule has 3 nitrogen and oxygen atoms in total. The second kappa shape index (κ2) is 6.68. The monoisotopic (exact) mass is 288 g/mol. The van der Waals surface area contributed by atoms with Crippen molar-refractivity contribution in [3.05, 3.63) is 52.2 Å². The van der Waals surface area contributed by atoms with E-state index in [9.17, 15) is 4.79 Å². The van der Waals surface area contributed by atoms with E-state index in [1.165, 1.54) is 18.1 Å². The van der Waals surface area contributed by atoms with Gasteiger partial charge in [-0.25, -0.2) is 0 Å². The van der Waals surface area contributed by atoms with Crippen molar-refractivity contribution in [3.8, 4) is 0 Å². The van der Waals surface area contributed by atoms with Crippen LogP contribution in [-0.2, 0) is 4.79 Å². The molecule has 2 aromatic rings. The quantitative estimate of drug-likeness (QED) is 0.869. The van der Waals surface area contributed by atoms with E-state index in [1.807, 2.05) is 18.2 Å². The molecule has 0 radical (unpaired) electrons. The van der Waals surface area contributed by atoms with Gasteiger partial charge in [0.15, 0.2) is 0 Å². The number of rotatable bonds is 5. The molecule has 0 bridgehead atoms. The number of amides is 1. The Morgan fingerprint density at radius 3 is 2.55 bits per heavy atom. The van der Waals surface area contributed by atoms with Gasteiger partial charge in [0.05, 0.1) is 0 Å². The van der Waals surface area contributed by atoms with Crippen molar-refractivity contribution in [2.75, 3.05) is 5.32 Å². The molecule has 0 saturated heterocycles. The summed E-state index contributed by atoms with van der Waals surface area (Å²) in [6.07, 6.45) is 0. The van der Waals surface area contributed by atoms with Crippen LogP contribution in [0.4, 0.5) is 5.69 Å². The Morgan fingerprint density at radius 2 is 1.90 bits per heavy atom. The summed E-state index contributed by atoms with van der Waals surface area (Å²) in [5.74, 6) is -0.0468. The average Bonchev–Trinajstić information content (AvgIpc) is 2.92. The number of carbonyl (C=O) groups is 1. The van der Waals surface area contributed by atoms with Gasteiger partial charge < -0.3 is 10.6 Å². The third kappa shape index (κ3) is 3.92. The molecular formula is C16H20N2OS. The Kier molecular flexibility index (Phi) is 4.93. The molecule has 20 heavy (non-hydrogen) atoms. The maximum atomic E-state index is 11.1. The fourth-order valence-corrected chi connectivity index (χ4v) is 2.93. The summed E-state index contributed by atoms with van der Waals surface area (Å²) < 4.78 is 0. The van der Waals surface area contributed by atoms with E-state index in [4.69, 9.17) is 0 Å². The molecule has 2 unspecified atom stereocenters. The van der Waals surface area contributed by atoms with E-state index in [-0.39, 0.29) is 11.9 Å². The zero-order valence-corrected chi connectivity index (χ0v) is 12.8. The fourth-order valence-electron chi connectivity index (χ4n) is 2.18. The summed E-state index contributed by atoms with van der Waals surface area (Å²) in [4.78, 5) is 11.1. The van der Waals surface area contributed by atoms with Crippen LogP contribution in [0, 0.1) is 0 Å². The average molecular weight is 288 g/mol. The van der Waals surface area contributed by atoms with Gasteiger partial charge in [0.25, 0.3) is 0 Å². The molecule has 2 atom stereocenters. The number of thiophene rings is 1. The molecule has 0 aliphatic heterocycles. The van der Waals surface area contributed by atoms with Crippen LogP contribution in [0.25, 0.3) is 0 Å². The van der Waals surface area contributed by atoms with Crippen molar-refractivity contribution in [2.45, 2.75) is 32.9 Å². The number of carbonyl (C=O) groups excluding carboxylic acids is 1. The number of benzene rings is 1. The first-order valence-electron chi connectivity index (χ1n) is 6.72. The fraction of sp³-hybridized carbons (Fsp3) is 0.312. The van der Waals surface area contributed by atoms with Crippen LogP contribution in [-0.4, -0.2) is 5.91 Å². The van der Waals surface area contributed by atoms with Gasteiger partial charge in [-0.1, -0.05) is 12.1 Å². The molecular weight excluding hydrogens is 268 g/mol. The highest BCUT2D eigenvalue weighted by molar-refractivity contribution is 7.07. The lowest BCUT2D eigenvalue weighted by Crippen LogP contribution is -2.22. The molecule has 0 aliphatic rings. The molecule has 1 heterocycles. The van der Waals surface area contributed by atoms with Crippen molar-refractivity contribution in [1.29, 1.82) is 0 Å². The van der Waals surface area contributed by atoms with Crippen LogP contribution in [0.1, 0.15) is 44.0 Å². The zero-order chi connectivity index (χ0) is 14.5. The predicted octanol–water partition coefficient (Wildman–Crippen LogP) is 4.12. The van der Waals surface area contributed by atoms with Gasteiger partial charge in [0, 0.05) is 24.7 Å². The lowest BCUT2D eigenvalue weighted by molar-refractivity contribution is -0.114. The molecule has 0 saturated carbocycles. The number of hydrogen-bond acceptors (Lipinski definition) is 3. The summed E-state index contributed by atoms with van der Waals surface area (Å²) in [7, 11) is 0. The predicted molar refractivity (Wildman–Crippen MR) is 85.0 cm³/mol. The van der Waals surface area contributed by atoms with E-state index in [0.717, 1.165) is 5.69 Å². The molecule has 1 aromatic heterocycles. The molecule has 2 N–H and O–H groups in total. The Morgan fingerprint density at radius 1 is 1.15 bits per heavy atom. The third-order valence-corrected chi connectivity index (χ3v) is 3.95. The standard InChI is InChI=1S/C16H20N2OS/c1-11(17-12(2)15-7-8-20-10-15)14-5-4-6-16(9-14)18-13(3)19/h4-12,17H,1-3H3,(H,18,19). The van der Waals surface area contributed by atoms with E-state index >= 15 is 0 Å². The van der Waals surface area contributed by atoms with Gasteiger partial charge in [0.2, 0.25) is 5.91 Å². The summed E-state index contributed by atoms with van der Waals surface area (Å²) in [5.41, 5.74) is 3.31. The minimum Gasteiger partial charge on any atom is -0.326 e. The van der Waals surface area contributed by atoms with Gasteiger partial charge in [-0.05, 0) is 53.9 Å². The molecule has 1 aromatic carbocycles. The second-order valence-electron chi connectivity index (χ2n) is 4.97. The first-order valence-corrected chi connectivity index (χ1v) is 7.66. The Bertz CT molecular complexity index is 566. The van der Waals surface area contributed by atoms with Crippen molar-refractivity contribution < 1.29 is 4.79 Å². The van der Waals surface area contributed by atoms with Crippen LogP contribution in [0.3, 0.4) is 0 Å². The number of anilines is 1. The van der Waals surface area contributed by atoms with Gasteiger partial charge >= 0.3 is 0 Å². The smallest absolute Gasteiger partial charge is 0.221 e. The molecule has 0 spiro atoms. The van der Waals surface area contributed by atoms with Crippen LogP contribution >= 0.6 is 11.3 Å². The maximum absolute atomic E-state index is 11.1. The molecule has 0 aliphatic carbocycles. The summed E-state index contributed by atoms with van der Waals surface area (Å²) in [6, 6.07) is 10.6. The van der Waals surface area contributed by atoms with E-state index in [0.29, 0.717) is 6.04 Å². The van der Waals surface area contributed by atoms with E-state index in [1.54, 1.807) is 11.3 Å². The SMILES string of the molecule is CC(=O)Nc1cccc(C(C)NC(C)c2ccsc2)c1. The molecule has 1 amide bonds. The normalized spacial score (nSPS) is 13.8. The summed E-state index contributed by atoms with van der Waals surface area (Å²) in [6.45, 7) is 5.82. The van der Waals surface area contributed by atoms with Crippen molar-refractivity contribution in [3.63, 3.8) is 0 Å². The van der Waals surface area contributed by atoms with Crippen molar-refractivity contribution in [2.24, 2.45) is 0 Å². The Labute approximate surface area is 124 Å². The summed E-state index contributed by atoms with van der Waals surface area (Å²) >= 11 is 1.71. The summed E-state index contributed by atoms with van der Waals surface area (Å²) in [5, 5.41) is 10.6. The van der Waals surface area contributed by atoms with E-state index in [2.05, 4.69) is 47.4 Å². The Balaban J connectivity index is 2.05. The van der Waals surface area contributed by atoms with Crippen LogP contribution in [0.5, 0.6) is 0 Å². The third-order valence-electron chi connectivity index (χ3n) is 3.25. The van der Waals surface area contributed by atoms with Crippen molar-refractivity contribution in [1.82, 2.24) is 5.32 Å². The number of hydrogen-bond donors (Lipinski definition) is 2. The largest absolute Gasteiger partial charge is 0.326 e. The minimum absolute atomic E-state index is 0.0468. The van der Waals surface area contributed by atoms with Gasteiger partial charge in [-0.2, -0.15) is 11.3 Å². The lowest BCUT2D eigenvalue weighted by atomic mass is 10.1. The van der Waals surface area contributed by atoms with E-state index < -0.39 is 0 Å². The maximum Gasteiger partial charge on any atom is 0.221 e. The highest BCUT2D eigenvalue weighted by Gasteiger charge is 2.11. The highest BCUT2D eigenvalue weighted by Crippen LogP contribution is 2.22. The first kappa shape index (κ1) is 14.8. The minimum atomic E-state index is -0.0468. The van der Waals surface area contributed by atoms with Gasteiger partial charge in [-0.3, -0.25) is 4.79 Å².